The van der Waals surface area contributed by atoms with Crippen LogP contribution < -0.4 is 0 Å². The predicted octanol–water partition coefficient (Wildman–Crippen LogP) is 5.39. The molecule has 2 heteroatoms. The van der Waals surface area contributed by atoms with E-state index in [1.54, 1.807) is 12.2 Å². The molecule has 0 radical (unpaired) electrons. The molecule has 0 aliphatic heterocycles. The van der Waals surface area contributed by atoms with Crippen molar-refractivity contribution in [2.24, 2.45) is 0 Å². The number of ketones is 1. The maximum Gasteiger partial charge on any atom is 0.186 e. The highest BCUT2D eigenvalue weighted by Gasteiger charge is 2.06. The average Bonchev–Trinajstić information content (AvgIpc) is 2.53. The van der Waals surface area contributed by atoms with Gasteiger partial charge in [-0.15, -0.1) is 0 Å². The Labute approximate surface area is 128 Å². The van der Waals surface area contributed by atoms with Crippen molar-refractivity contribution in [1.82, 2.24) is 0 Å². The quantitative estimate of drug-likeness (QED) is 0.467. The Hall–Kier alpha value is -2.38. The van der Waals surface area contributed by atoms with E-state index >= 15 is 0 Å². The molecule has 0 amide bonds. The molecule has 21 heavy (non-hydrogen) atoms. The summed E-state index contributed by atoms with van der Waals surface area (Å²) in [5.74, 6) is 0.00162. The Morgan fingerprint density at radius 1 is 0.857 bits per heavy atom. The fourth-order valence-electron chi connectivity index (χ4n) is 2.28. The first kappa shape index (κ1) is 13.6. The smallest absolute Gasteiger partial charge is 0.186 e. The van der Waals surface area contributed by atoms with Crippen LogP contribution in [0.5, 0.6) is 0 Å². The van der Waals surface area contributed by atoms with Gasteiger partial charge < -0.3 is 0 Å². The number of hydrogen-bond donors (Lipinski definition) is 0. The summed E-state index contributed by atoms with van der Waals surface area (Å²) in [5, 5.41) is 2.74. The van der Waals surface area contributed by atoms with Crippen LogP contribution in [-0.2, 0) is 0 Å². The SMILES string of the molecule is O=C(/C=C\c1ccc(Cl)cc1)c1cccc2ccccc12. The second-order valence-electron chi connectivity index (χ2n) is 4.78. The Balaban J connectivity index is 1.92. The standard InChI is InChI=1S/C19H13ClO/c20-16-11-8-14(9-12-16)10-13-19(21)18-7-3-5-15-4-1-2-6-17(15)18/h1-13H/b13-10-. The summed E-state index contributed by atoms with van der Waals surface area (Å²) in [6.07, 6.45) is 3.41. The summed E-state index contributed by atoms with van der Waals surface area (Å²) in [4.78, 5) is 12.4. The Bertz CT molecular complexity index is 811. The van der Waals surface area contributed by atoms with Gasteiger partial charge in [0, 0.05) is 10.6 Å². The normalized spacial score (nSPS) is 11.1. The van der Waals surface area contributed by atoms with Gasteiger partial charge in [-0.3, -0.25) is 4.79 Å². The van der Waals surface area contributed by atoms with E-state index in [0.717, 1.165) is 21.9 Å². The van der Waals surface area contributed by atoms with Crippen LogP contribution in [0.15, 0.2) is 72.8 Å². The summed E-state index contributed by atoms with van der Waals surface area (Å²) in [6.45, 7) is 0. The van der Waals surface area contributed by atoms with Crippen molar-refractivity contribution in [2.45, 2.75) is 0 Å². The molecule has 0 saturated carbocycles. The van der Waals surface area contributed by atoms with E-state index in [1.165, 1.54) is 0 Å². The van der Waals surface area contributed by atoms with Crippen LogP contribution in [0.1, 0.15) is 15.9 Å². The molecule has 0 aromatic heterocycles. The monoisotopic (exact) mass is 292 g/mol. The molecule has 0 atom stereocenters. The average molecular weight is 293 g/mol. The zero-order valence-corrected chi connectivity index (χ0v) is 12.0. The van der Waals surface area contributed by atoms with E-state index in [0.29, 0.717) is 5.02 Å². The van der Waals surface area contributed by atoms with Crippen molar-refractivity contribution in [3.63, 3.8) is 0 Å². The maximum absolute atomic E-state index is 12.4. The Morgan fingerprint density at radius 3 is 2.38 bits per heavy atom. The second-order valence-corrected chi connectivity index (χ2v) is 5.21. The molecule has 102 valence electrons. The lowest BCUT2D eigenvalue weighted by atomic mass is 10.0. The third kappa shape index (κ3) is 3.04. The third-order valence-electron chi connectivity index (χ3n) is 3.35. The fraction of sp³-hybridized carbons (Fsp3) is 0. The van der Waals surface area contributed by atoms with Gasteiger partial charge in [0.1, 0.15) is 0 Å². The van der Waals surface area contributed by atoms with Crippen molar-refractivity contribution < 1.29 is 4.79 Å². The molecule has 3 aromatic rings. The first-order chi connectivity index (χ1) is 10.2. The fourth-order valence-corrected chi connectivity index (χ4v) is 2.40. The number of allylic oxidation sites excluding steroid dienone is 1. The molecule has 3 rings (SSSR count). The molecular formula is C19H13ClO. The van der Waals surface area contributed by atoms with Crippen LogP contribution in [0, 0.1) is 0 Å². The van der Waals surface area contributed by atoms with Gasteiger partial charge in [0.05, 0.1) is 0 Å². The minimum absolute atomic E-state index is 0.00162. The summed E-state index contributed by atoms with van der Waals surface area (Å²) in [5.41, 5.74) is 1.67. The van der Waals surface area contributed by atoms with Gasteiger partial charge in [-0.25, -0.2) is 0 Å². The molecule has 0 saturated heterocycles. The van der Waals surface area contributed by atoms with E-state index in [1.807, 2.05) is 66.7 Å². The van der Waals surface area contributed by atoms with Gasteiger partial charge in [0.15, 0.2) is 5.78 Å². The van der Waals surface area contributed by atoms with E-state index in [2.05, 4.69) is 0 Å². The van der Waals surface area contributed by atoms with Crippen LogP contribution in [0.2, 0.25) is 5.02 Å². The first-order valence-electron chi connectivity index (χ1n) is 6.70. The van der Waals surface area contributed by atoms with Crippen LogP contribution in [-0.4, -0.2) is 5.78 Å². The summed E-state index contributed by atoms with van der Waals surface area (Å²) in [7, 11) is 0. The zero-order chi connectivity index (χ0) is 14.7. The molecule has 0 unspecified atom stereocenters. The number of fused-ring (bicyclic) bond motifs is 1. The molecule has 1 nitrogen and oxygen atoms in total. The molecule has 0 heterocycles. The van der Waals surface area contributed by atoms with Crippen molar-refractivity contribution in [2.75, 3.05) is 0 Å². The minimum Gasteiger partial charge on any atom is -0.289 e. The lowest BCUT2D eigenvalue weighted by Gasteiger charge is -2.02. The number of benzene rings is 3. The van der Waals surface area contributed by atoms with E-state index in [9.17, 15) is 4.79 Å². The topological polar surface area (TPSA) is 17.1 Å². The third-order valence-corrected chi connectivity index (χ3v) is 3.60. The van der Waals surface area contributed by atoms with Crippen molar-refractivity contribution in [3.8, 4) is 0 Å². The van der Waals surface area contributed by atoms with Gasteiger partial charge >= 0.3 is 0 Å². The zero-order valence-electron chi connectivity index (χ0n) is 11.3. The summed E-state index contributed by atoms with van der Waals surface area (Å²) < 4.78 is 0. The molecule has 3 aromatic carbocycles. The Morgan fingerprint density at radius 2 is 1.57 bits per heavy atom. The van der Waals surface area contributed by atoms with E-state index in [-0.39, 0.29) is 5.78 Å². The molecule has 0 aliphatic rings. The van der Waals surface area contributed by atoms with Crippen molar-refractivity contribution in [3.05, 3.63) is 89.0 Å². The van der Waals surface area contributed by atoms with Crippen LogP contribution in [0.3, 0.4) is 0 Å². The number of rotatable bonds is 3. The van der Waals surface area contributed by atoms with E-state index in [4.69, 9.17) is 11.6 Å². The highest BCUT2D eigenvalue weighted by molar-refractivity contribution is 6.30. The Kier molecular flexibility index (Phi) is 3.85. The van der Waals surface area contributed by atoms with Gasteiger partial charge in [0.2, 0.25) is 0 Å². The van der Waals surface area contributed by atoms with Crippen molar-refractivity contribution >= 4 is 34.2 Å². The molecule has 0 fully saturated rings. The molecule has 0 aliphatic carbocycles. The van der Waals surface area contributed by atoms with Gasteiger partial charge in [-0.1, -0.05) is 72.3 Å². The van der Waals surface area contributed by atoms with E-state index < -0.39 is 0 Å². The van der Waals surface area contributed by atoms with Crippen LogP contribution in [0.25, 0.3) is 16.8 Å². The maximum atomic E-state index is 12.4. The lowest BCUT2D eigenvalue weighted by molar-refractivity contribution is 0.104. The molecule has 0 spiro atoms. The number of carbonyl (C=O) groups excluding carboxylic acids is 1. The predicted molar refractivity (Wildman–Crippen MR) is 88.8 cm³/mol. The molecule has 0 N–H and O–H groups in total. The van der Waals surface area contributed by atoms with Gasteiger partial charge in [0.25, 0.3) is 0 Å². The molecule has 0 bridgehead atoms. The van der Waals surface area contributed by atoms with Crippen LogP contribution in [0.4, 0.5) is 0 Å². The lowest BCUT2D eigenvalue weighted by Crippen LogP contribution is -1.95. The number of carbonyl (C=O) groups is 1. The van der Waals surface area contributed by atoms with Gasteiger partial charge in [-0.05, 0) is 34.5 Å². The number of halogens is 1. The molecular weight excluding hydrogens is 280 g/mol. The van der Waals surface area contributed by atoms with Gasteiger partial charge in [-0.2, -0.15) is 0 Å². The summed E-state index contributed by atoms with van der Waals surface area (Å²) in [6, 6.07) is 21.1. The summed E-state index contributed by atoms with van der Waals surface area (Å²) >= 11 is 5.84. The minimum atomic E-state index is 0.00162. The first-order valence-corrected chi connectivity index (χ1v) is 7.07. The van der Waals surface area contributed by atoms with Crippen molar-refractivity contribution in [1.29, 1.82) is 0 Å². The largest absolute Gasteiger partial charge is 0.289 e. The highest BCUT2D eigenvalue weighted by atomic mass is 35.5. The highest BCUT2D eigenvalue weighted by Crippen LogP contribution is 2.19. The second kappa shape index (κ2) is 5.94. The van der Waals surface area contributed by atoms with Crippen LogP contribution >= 0.6 is 11.6 Å². The number of hydrogen-bond acceptors (Lipinski definition) is 1.